The van der Waals surface area contributed by atoms with Crippen LogP contribution in [0.3, 0.4) is 0 Å². The van der Waals surface area contributed by atoms with Crippen molar-refractivity contribution in [2.75, 3.05) is 13.2 Å². The van der Waals surface area contributed by atoms with Gasteiger partial charge in [-0.1, -0.05) is 34.6 Å². The summed E-state index contributed by atoms with van der Waals surface area (Å²) in [6.45, 7) is 13.5. The zero-order valence-corrected chi connectivity index (χ0v) is 35.0. The maximum atomic E-state index is 13.3. The number of hydrogen-bond donors (Lipinski definition) is 10. The van der Waals surface area contributed by atoms with E-state index in [9.17, 15) is 55.9 Å². The minimum Gasteiger partial charge on any atom is -0.479 e. The summed E-state index contributed by atoms with van der Waals surface area (Å²) < 4.78 is 30.8. The van der Waals surface area contributed by atoms with E-state index in [1.807, 2.05) is 0 Å². The first-order valence-corrected chi connectivity index (χ1v) is 21.5. The molecule has 0 amide bonds. The molecule has 334 valence electrons. The summed E-state index contributed by atoms with van der Waals surface area (Å²) in [6, 6.07) is 0. The molecule has 0 aromatic carbocycles. The van der Waals surface area contributed by atoms with E-state index in [1.54, 1.807) is 13.8 Å². The van der Waals surface area contributed by atoms with E-state index in [2.05, 4.69) is 34.6 Å². The molecular formula is C42H70O16. The van der Waals surface area contributed by atoms with E-state index in [-0.39, 0.29) is 40.4 Å². The van der Waals surface area contributed by atoms with Gasteiger partial charge in [0, 0.05) is 12.3 Å². The van der Waals surface area contributed by atoms with Crippen LogP contribution in [0.5, 0.6) is 0 Å². The van der Waals surface area contributed by atoms with Crippen LogP contribution in [0, 0.1) is 45.3 Å². The molecule has 7 fully saturated rings. The fourth-order valence-electron chi connectivity index (χ4n) is 14.3. The van der Waals surface area contributed by atoms with Gasteiger partial charge in [0.2, 0.25) is 0 Å². The van der Waals surface area contributed by atoms with Gasteiger partial charge in [0.05, 0.1) is 31.0 Å². The molecule has 58 heavy (non-hydrogen) atoms. The molecule has 3 aliphatic heterocycles. The number of carbonyl (C=O) groups is 1. The second-order valence-electron chi connectivity index (χ2n) is 20.9. The van der Waals surface area contributed by atoms with Crippen molar-refractivity contribution in [1.29, 1.82) is 0 Å². The summed E-state index contributed by atoms with van der Waals surface area (Å²) in [4.78, 5) is 13.3. The Hall–Kier alpha value is -1.09. The summed E-state index contributed by atoms with van der Waals surface area (Å²) in [7, 11) is 0. The molecule has 16 heteroatoms. The molecular weight excluding hydrogens is 760 g/mol. The molecule has 3 heterocycles. The van der Waals surface area contributed by atoms with Gasteiger partial charge in [0.1, 0.15) is 54.9 Å². The average molecular weight is 831 g/mol. The van der Waals surface area contributed by atoms with Crippen molar-refractivity contribution < 1.29 is 79.5 Å². The van der Waals surface area contributed by atoms with Crippen LogP contribution in [-0.2, 0) is 28.5 Å². The van der Waals surface area contributed by atoms with Gasteiger partial charge < -0.3 is 74.7 Å². The van der Waals surface area contributed by atoms with E-state index >= 15 is 0 Å². The SMILES string of the molecule is CC1(C)O[C@](C(=O)O)([C@H]2CC[C@]3(C)[C@@H]2CC[C@@H]2[C@@]4(C)CC[C@H](O[C@@H]5O[C@H](CO)[C@@H](O)[C@H](O)[C@H]5O[C@@H]5O[C@H](CO)[C@@H](O)[C@H](O)[C@H]5O)C(C)(C)[C@@H]4CC[C@]23C)C[C@H](O)[C@@H]1O. The second-order valence-corrected chi connectivity index (χ2v) is 20.9. The molecule has 10 N–H and O–H groups in total. The van der Waals surface area contributed by atoms with Gasteiger partial charge in [-0.15, -0.1) is 0 Å². The molecule has 7 aliphatic rings. The number of aliphatic hydroxyl groups excluding tert-OH is 9. The Balaban J connectivity index is 1.12. The Kier molecular flexibility index (Phi) is 11.9. The largest absolute Gasteiger partial charge is 0.479 e. The lowest BCUT2D eigenvalue weighted by molar-refractivity contribution is -0.378. The topological polar surface area (TPSA) is 266 Å². The fourth-order valence-corrected chi connectivity index (χ4v) is 14.3. The van der Waals surface area contributed by atoms with E-state index in [0.29, 0.717) is 18.8 Å². The van der Waals surface area contributed by atoms with Gasteiger partial charge in [-0.2, -0.15) is 0 Å². The van der Waals surface area contributed by atoms with Crippen molar-refractivity contribution in [3.8, 4) is 0 Å². The lowest BCUT2D eigenvalue weighted by Gasteiger charge is -2.70. The fraction of sp³-hybridized carbons (Fsp3) is 0.976. The maximum absolute atomic E-state index is 13.3. The van der Waals surface area contributed by atoms with Crippen molar-refractivity contribution in [2.45, 2.75) is 197 Å². The lowest BCUT2D eigenvalue weighted by atomic mass is 9.35. The summed E-state index contributed by atoms with van der Waals surface area (Å²) in [5.41, 5.74) is -3.77. The molecule has 7 rings (SSSR count). The predicted molar refractivity (Wildman–Crippen MR) is 202 cm³/mol. The number of fused-ring (bicyclic) bond motifs is 5. The summed E-state index contributed by atoms with van der Waals surface area (Å²) >= 11 is 0. The Bertz CT molecular complexity index is 1510. The molecule has 0 radical (unpaired) electrons. The molecule has 0 bridgehead atoms. The van der Waals surface area contributed by atoms with Gasteiger partial charge in [0.25, 0.3) is 0 Å². The molecule has 21 atom stereocenters. The Morgan fingerprint density at radius 2 is 1.24 bits per heavy atom. The molecule has 0 spiro atoms. The first-order chi connectivity index (χ1) is 26.9. The Labute approximate surface area is 340 Å². The van der Waals surface area contributed by atoms with E-state index in [0.717, 1.165) is 38.5 Å². The Morgan fingerprint density at radius 3 is 1.84 bits per heavy atom. The van der Waals surface area contributed by atoms with Gasteiger partial charge in [-0.25, -0.2) is 4.79 Å². The second kappa shape index (κ2) is 15.3. The standard InChI is InChI=1S/C42H70O16/c1-37(2)24-11-15-41(7)25(9-8-19-20(10-14-40(19,41)6)42(36(52)53)16-21(45)33(51)38(3,4)58-42)39(24,5)13-12-26(37)56-35-32(30(49)28(47)23(18-44)55-35)57-34-31(50)29(48)27(46)22(17-43)54-34/h19-35,43-51H,8-18H2,1-7H3,(H,52,53)/t19-,20+,21+,22-,23-,24+,25-,26+,27-,28-,29+,30+,31-,32-,33+,34+,35+,39+,40-,41-,42+/m1/s1. The van der Waals surface area contributed by atoms with Crippen LogP contribution in [0.25, 0.3) is 0 Å². The molecule has 0 unspecified atom stereocenters. The van der Waals surface area contributed by atoms with Gasteiger partial charge >= 0.3 is 5.97 Å². The molecule has 4 saturated carbocycles. The van der Waals surface area contributed by atoms with E-state index < -0.39 is 116 Å². The highest BCUT2D eigenvalue weighted by Crippen LogP contribution is 2.76. The first kappa shape index (κ1) is 44.9. The highest BCUT2D eigenvalue weighted by Gasteiger charge is 2.72. The van der Waals surface area contributed by atoms with Crippen molar-refractivity contribution in [3.63, 3.8) is 0 Å². The van der Waals surface area contributed by atoms with Crippen LogP contribution < -0.4 is 0 Å². The molecule has 3 saturated heterocycles. The summed E-state index contributed by atoms with van der Waals surface area (Å²) in [5, 5.41) is 106. The minimum absolute atomic E-state index is 0.0428. The van der Waals surface area contributed by atoms with Gasteiger partial charge in [-0.05, 0) is 105 Å². The third-order valence-corrected chi connectivity index (χ3v) is 17.6. The quantitative estimate of drug-likeness (QED) is 0.149. The number of carboxylic acids is 1. The number of rotatable bonds is 8. The van der Waals surface area contributed by atoms with Crippen LogP contribution in [0.4, 0.5) is 0 Å². The highest BCUT2D eigenvalue weighted by molar-refractivity contribution is 5.78. The van der Waals surface area contributed by atoms with Crippen LogP contribution in [0.2, 0.25) is 0 Å². The minimum atomic E-state index is -1.77. The zero-order valence-electron chi connectivity index (χ0n) is 35.0. The van der Waals surface area contributed by atoms with Crippen LogP contribution in [-0.4, -0.2) is 161 Å². The third kappa shape index (κ3) is 6.57. The van der Waals surface area contributed by atoms with Crippen molar-refractivity contribution in [3.05, 3.63) is 0 Å². The highest BCUT2D eigenvalue weighted by atomic mass is 16.8. The van der Waals surface area contributed by atoms with Crippen LogP contribution >= 0.6 is 0 Å². The number of aliphatic carboxylic acids is 1. The molecule has 16 nitrogen and oxygen atoms in total. The molecule has 0 aromatic heterocycles. The molecule has 4 aliphatic carbocycles. The van der Waals surface area contributed by atoms with Crippen molar-refractivity contribution in [2.24, 2.45) is 45.3 Å². The number of carboxylic acid groups (broad SMARTS) is 1. The first-order valence-electron chi connectivity index (χ1n) is 21.5. The third-order valence-electron chi connectivity index (χ3n) is 17.6. The van der Waals surface area contributed by atoms with E-state index in [1.165, 1.54) is 0 Å². The van der Waals surface area contributed by atoms with Gasteiger partial charge in [-0.3, -0.25) is 0 Å². The monoisotopic (exact) mass is 830 g/mol. The lowest BCUT2D eigenvalue weighted by Crippen LogP contribution is -2.68. The summed E-state index contributed by atoms with van der Waals surface area (Å²) in [6.07, 6.45) is -11.9. The number of ether oxygens (including phenoxy) is 5. The average Bonchev–Trinajstić information content (AvgIpc) is 3.52. The summed E-state index contributed by atoms with van der Waals surface area (Å²) in [5.74, 6) is -0.887. The maximum Gasteiger partial charge on any atom is 0.336 e. The zero-order chi connectivity index (χ0) is 42.7. The van der Waals surface area contributed by atoms with Crippen molar-refractivity contribution in [1.82, 2.24) is 0 Å². The number of aliphatic hydroxyl groups is 9. The Morgan fingerprint density at radius 1 is 0.638 bits per heavy atom. The predicted octanol–water partition coefficient (Wildman–Crippen LogP) is 0.425. The van der Waals surface area contributed by atoms with E-state index in [4.69, 9.17) is 23.7 Å². The van der Waals surface area contributed by atoms with Crippen LogP contribution in [0.15, 0.2) is 0 Å². The normalized spacial score (nSPS) is 55.2. The molecule has 0 aromatic rings. The number of hydrogen-bond acceptors (Lipinski definition) is 15. The van der Waals surface area contributed by atoms with Gasteiger partial charge in [0.15, 0.2) is 18.2 Å². The smallest absolute Gasteiger partial charge is 0.336 e. The van der Waals surface area contributed by atoms with Crippen LogP contribution in [0.1, 0.15) is 106 Å². The van der Waals surface area contributed by atoms with Crippen molar-refractivity contribution >= 4 is 5.97 Å².